The quantitative estimate of drug-likeness (QED) is 0.765. The molecule has 2 N–H and O–H groups in total. The first-order valence-electron chi connectivity index (χ1n) is 6.53. The van der Waals surface area contributed by atoms with E-state index < -0.39 is 17.3 Å². The SMILES string of the molecule is CC1(C)C(C(=O)O)C1C(=O)NCCC1CCOC1. The van der Waals surface area contributed by atoms with Crippen molar-refractivity contribution < 1.29 is 19.4 Å². The number of amides is 1. The van der Waals surface area contributed by atoms with Crippen molar-refractivity contribution in [1.82, 2.24) is 5.32 Å². The van der Waals surface area contributed by atoms with Crippen molar-refractivity contribution in [3.63, 3.8) is 0 Å². The van der Waals surface area contributed by atoms with Crippen molar-refractivity contribution in [2.24, 2.45) is 23.2 Å². The van der Waals surface area contributed by atoms with Crippen LogP contribution in [-0.4, -0.2) is 36.7 Å². The molecule has 3 unspecified atom stereocenters. The predicted octanol–water partition coefficient (Wildman–Crippen LogP) is 0.886. The van der Waals surface area contributed by atoms with Crippen molar-refractivity contribution in [3.8, 4) is 0 Å². The van der Waals surface area contributed by atoms with Gasteiger partial charge in [-0.05, 0) is 24.2 Å². The van der Waals surface area contributed by atoms with Crippen LogP contribution in [-0.2, 0) is 14.3 Å². The highest BCUT2D eigenvalue weighted by atomic mass is 16.5. The van der Waals surface area contributed by atoms with Crippen molar-refractivity contribution >= 4 is 11.9 Å². The van der Waals surface area contributed by atoms with E-state index >= 15 is 0 Å². The number of ether oxygens (including phenoxy) is 1. The number of hydrogen-bond donors (Lipinski definition) is 2. The van der Waals surface area contributed by atoms with Gasteiger partial charge in [0.1, 0.15) is 0 Å². The Morgan fingerprint density at radius 1 is 1.39 bits per heavy atom. The number of carbonyl (C=O) groups excluding carboxylic acids is 1. The highest BCUT2D eigenvalue weighted by Crippen LogP contribution is 2.58. The van der Waals surface area contributed by atoms with Gasteiger partial charge in [0.05, 0.1) is 11.8 Å². The zero-order chi connectivity index (χ0) is 13.3. The molecule has 1 aliphatic heterocycles. The van der Waals surface area contributed by atoms with Gasteiger partial charge in [0.15, 0.2) is 0 Å². The van der Waals surface area contributed by atoms with Crippen molar-refractivity contribution in [3.05, 3.63) is 0 Å². The van der Waals surface area contributed by atoms with Gasteiger partial charge in [-0.1, -0.05) is 13.8 Å². The second kappa shape index (κ2) is 4.88. The van der Waals surface area contributed by atoms with E-state index in [0.29, 0.717) is 12.5 Å². The standard InChI is InChI=1S/C13H21NO4/c1-13(2)9(10(13)12(16)17)11(15)14-5-3-8-4-6-18-7-8/h8-10H,3-7H2,1-2H3,(H,14,15)(H,16,17). The Labute approximate surface area is 107 Å². The van der Waals surface area contributed by atoms with Gasteiger partial charge >= 0.3 is 5.97 Å². The molecule has 0 spiro atoms. The molecule has 1 saturated heterocycles. The topological polar surface area (TPSA) is 75.6 Å². The Morgan fingerprint density at radius 2 is 2.11 bits per heavy atom. The average molecular weight is 255 g/mol. The van der Waals surface area contributed by atoms with E-state index in [4.69, 9.17) is 9.84 Å². The molecule has 0 aromatic heterocycles. The molecule has 0 aromatic carbocycles. The molecule has 1 saturated carbocycles. The molecule has 102 valence electrons. The van der Waals surface area contributed by atoms with Crippen molar-refractivity contribution in [1.29, 1.82) is 0 Å². The highest BCUT2D eigenvalue weighted by Gasteiger charge is 2.65. The van der Waals surface area contributed by atoms with Gasteiger partial charge in [-0.25, -0.2) is 0 Å². The summed E-state index contributed by atoms with van der Waals surface area (Å²) >= 11 is 0. The summed E-state index contributed by atoms with van der Waals surface area (Å²) < 4.78 is 5.27. The molecule has 18 heavy (non-hydrogen) atoms. The average Bonchev–Trinajstić information content (AvgIpc) is 2.65. The predicted molar refractivity (Wildman–Crippen MR) is 64.9 cm³/mol. The number of carboxylic acids is 1. The van der Waals surface area contributed by atoms with E-state index in [1.165, 1.54) is 0 Å². The first kappa shape index (κ1) is 13.3. The summed E-state index contributed by atoms with van der Waals surface area (Å²) in [6, 6.07) is 0. The van der Waals surface area contributed by atoms with E-state index in [9.17, 15) is 9.59 Å². The molecule has 2 rings (SSSR count). The van der Waals surface area contributed by atoms with E-state index in [-0.39, 0.29) is 11.8 Å². The smallest absolute Gasteiger partial charge is 0.307 e. The summed E-state index contributed by atoms with van der Waals surface area (Å²) in [5.74, 6) is -1.37. The molecule has 0 bridgehead atoms. The van der Waals surface area contributed by atoms with Crippen LogP contribution in [0.5, 0.6) is 0 Å². The molecular weight excluding hydrogens is 234 g/mol. The van der Waals surface area contributed by atoms with Gasteiger partial charge in [-0.2, -0.15) is 0 Å². The summed E-state index contributed by atoms with van der Waals surface area (Å²) in [6.45, 7) is 5.88. The second-order valence-corrected chi connectivity index (χ2v) is 5.92. The molecule has 2 aliphatic rings. The van der Waals surface area contributed by atoms with Crippen LogP contribution in [0, 0.1) is 23.2 Å². The first-order valence-corrected chi connectivity index (χ1v) is 6.53. The summed E-state index contributed by atoms with van der Waals surface area (Å²) in [5, 5.41) is 11.9. The maximum absolute atomic E-state index is 11.9. The number of rotatable bonds is 5. The van der Waals surface area contributed by atoms with Crippen LogP contribution in [0.1, 0.15) is 26.7 Å². The zero-order valence-corrected chi connectivity index (χ0v) is 10.9. The van der Waals surface area contributed by atoms with Gasteiger partial charge in [0, 0.05) is 19.8 Å². The minimum Gasteiger partial charge on any atom is -0.481 e. The lowest BCUT2D eigenvalue weighted by Gasteiger charge is -2.09. The molecule has 5 nitrogen and oxygen atoms in total. The first-order chi connectivity index (χ1) is 8.44. The van der Waals surface area contributed by atoms with Crippen LogP contribution in [0.4, 0.5) is 0 Å². The van der Waals surface area contributed by atoms with Crippen LogP contribution in [0.2, 0.25) is 0 Å². The molecular formula is C13H21NO4. The highest BCUT2D eigenvalue weighted by molar-refractivity contribution is 5.91. The minimum absolute atomic E-state index is 0.119. The van der Waals surface area contributed by atoms with Crippen LogP contribution in [0.15, 0.2) is 0 Å². The molecule has 3 atom stereocenters. The summed E-state index contributed by atoms with van der Waals surface area (Å²) in [6.07, 6.45) is 1.97. The molecule has 1 heterocycles. The third-order valence-electron chi connectivity index (χ3n) is 4.25. The van der Waals surface area contributed by atoms with Crippen LogP contribution >= 0.6 is 0 Å². The van der Waals surface area contributed by atoms with Gasteiger partial charge in [0.2, 0.25) is 5.91 Å². The maximum atomic E-state index is 11.9. The maximum Gasteiger partial charge on any atom is 0.307 e. The molecule has 1 aliphatic carbocycles. The summed E-state index contributed by atoms with van der Waals surface area (Å²) in [4.78, 5) is 22.9. The fourth-order valence-corrected chi connectivity index (χ4v) is 2.91. The lowest BCUT2D eigenvalue weighted by Crippen LogP contribution is -2.29. The molecule has 5 heteroatoms. The summed E-state index contributed by atoms with van der Waals surface area (Å²) in [7, 11) is 0. The Morgan fingerprint density at radius 3 is 2.61 bits per heavy atom. The number of carbonyl (C=O) groups is 2. The third-order valence-corrected chi connectivity index (χ3v) is 4.25. The van der Waals surface area contributed by atoms with E-state index in [1.807, 2.05) is 13.8 Å². The molecule has 1 amide bonds. The van der Waals surface area contributed by atoms with Crippen LogP contribution < -0.4 is 5.32 Å². The van der Waals surface area contributed by atoms with Crippen molar-refractivity contribution in [2.75, 3.05) is 19.8 Å². The fourth-order valence-electron chi connectivity index (χ4n) is 2.91. The minimum atomic E-state index is -0.871. The Kier molecular flexibility index (Phi) is 3.61. The van der Waals surface area contributed by atoms with E-state index in [0.717, 1.165) is 26.1 Å². The number of carboxylic acid groups (broad SMARTS) is 1. The molecule has 0 radical (unpaired) electrons. The molecule has 2 fully saturated rings. The van der Waals surface area contributed by atoms with Gasteiger partial charge in [0.25, 0.3) is 0 Å². The Balaban J connectivity index is 1.74. The number of hydrogen-bond acceptors (Lipinski definition) is 3. The summed E-state index contributed by atoms with van der Waals surface area (Å²) in [5.41, 5.74) is -0.410. The number of nitrogens with one attached hydrogen (secondary N) is 1. The molecule has 0 aromatic rings. The lowest BCUT2D eigenvalue weighted by atomic mass is 10.1. The normalized spacial score (nSPS) is 33.1. The van der Waals surface area contributed by atoms with Gasteiger partial charge in [-0.15, -0.1) is 0 Å². The van der Waals surface area contributed by atoms with E-state index in [2.05, 4.69) is 5.32 Å². The van der Waals surface area contributed by atoms with Crippen molar-refractivity contribution in [2.45, 2.75) is 26.7 Å². The largest absolute Gasteiger partial charge is 0.481 e. The second-order valence-electron chi connectivity index (χ2n) is 5.92. The van der Waals surface area contributed by atoms with Crippen LogP contribution in [0.3, 0.4) is 0 Å². The van der Waals surface area contributed by atoms with E-state index in [1.54, 1.807) is 0 Å². The Hall–Kier alpha value is -1.10. The Bertz CT molecular complexity index is 347. The third kappa shape index (κ3) is 2.51. The van der Waals surface area contributed by atoms with Gasteiger partial charge < -0.3 is 15.2 Å². The van der Waals surface area contributed by atoms with Crippen LogP contribution in [0.25, 0.3) is 0 Å². The lowest BCUT2D eigenvalue weighted by molar-refractivity contribution is -0.140. The number of aliphatic carboxylic acids is 1. The van der Waals surface area contributed by atoms with Gasteiger partial charge in [-0.3, -0.25) is 9.59 Å². The zero-order valence-electron chi connectivity index (χ0n) is 10.9. The fraction of sp³-hybridized carbons (Fsp3) is 0.846. The monoisotopic (exact) mass is 255 g/mol.